The summed E-state index contributed by atoms with van der Waals surface area (Å²) >= 11 is 0. The Morgan fingerprint density at radius 2 is 2.05 bits per heavy atom. The monoisotopic (exact) mass is 294 g/mol. The van der Waals surface area contributed by atoms with E-state index in [2.05, 4.69) is 38.6 Å². The van der Waals surface area contributed by atoms with Gasteiger partial charge in [0.2, 0.25) is 17.8 Å². The van der Waals surface area contributed by atoms with E-state index in [0.29, 0.717) is 17.8 Å². The summed E-state index contributed by atoms with van der Waals surface area (Å²) in [6, 6.07) is 0. The van der Waals surface area contributed by atoms with Gasteiger partial charge in [0.05, 0.1) is 0 Å². The molecule has 0 saturated carbocycles. The molecule has 0 spiro atoms. The fourth-order valence-corrected chi connectivity index (χ4v) is 2.82. The third-order valence-electron chi connectivity index (χ3n) is 4.01. The molecule has 1 aromatic heterocycles. The molecule has 2 heterocycles. The van der Waals surface area contributed by atoms with Crippen molar-refractivity contribution in [3.8, 4) is 0 Å². The molecule has 0 amide bonds. The normalized spacial score (nSPS) is 18.8. The van der Waals surface area contributed by atoms with E-state index in [1.165, 1.54) is 0 Å². The Bertz CT molecular complexity index is 449. The highest BCUT2D eigenvalue weighted by atomic mass is 16.3. The van der Waals surface area contributed by atoms with Gasteiger partial charge in [0.25, 0.3) is 0 Å². The van der Waals surface area contributed by atoms with Crippen LogP contribution in [0.3, 0.4) is 0 Å². The summed E-state index contributed by atoms with van der Waals surface area (Å²) in [6.07, 6.45) is 3.08. The molecule has 0 aromatic carbocycles. The first-order valence-electron chi connectivity index (χ1n) is 7.80. The molecule has 1 aliphatic rings. The molecule has 0 bridgehead atoms. The van der Waals surface area contributed by atoms with Gasteiger partial charge in [-0.15, -0.1) is 0 Å². The standard InChI is InChI=1S/C14H26N6O/c1-3-19(4-2)13-16-12(15)17-14(18-13)20-8-5-6-11(10-20)7-9-21/h11,21H,3-10H2,1-2H3,(H2,15,16,17,18). The van der Waals surface area contributed by atoms with Crippen LogP contribution in [0.2, 0.25) is 0 Å². The highest BCUT2D eigenvalue weighted by molar-refractivity contribution is 5.43. The molecule has 3 N–H and O–H groups in total. The summed E-state index contributed by atoms with van der Waals surface area (Å²) in [5, 5.41) is 9.11. The number of rotatable bonds is 6. The average Bonchev–Trinajstić information content (AvgIpc) is 2.49. The van der Waals surface area contributed by atoms with Gasteiger partial charge in [0, 0.05) is 32.8 Å². The molecule has 1 unspecified atom stereocenters. The van der Waals surface area contributed by atoms with Crippen molar-refractivity contribution in [3.63, 3.8) is 0 Å². The molecule has 0 radical (unpaired) electrons. The number of nitrogens with zero attached hydrogens (tertiary/aromatic N) is 5. The number of aliphatic hydroxyl groups is 1. The Morgan fingerprint density at radius 1 is 1.29 bits per heavy atom. The molecule has 0 aliphatic carbocycles. The predicted octanol–water partition coefficient (Wildman–Crippen LogP) is 0.899. The van der Waals surface area contributed by atoms with Gasteiger partial charge in [-0.2, -0.15) is 15.0 Å². The Hall–Kier alpha value is -1.63. The minimum absolute atomic E-state index is 0.239. The summed E-state index contributed by atoms with van der Waals surface area (Å²) < 4.78 is 0. The average molecular weight is 294 g/mol. The fourth-order valence-electron chi connectivity index (χ4n) is 2.82. The second-order valence-electron chi connectivity index (χ2n) is 5.43. The smallest absolute Gasteiger partial charge is 0.231 e. The van der Waals surface area contributed by atoms with Gasteiger partial charge in [-0.05, 0) is 39.0 Å². The van der Waals surface area contributed by atoms with Crippen molar-refractivity contribution < 1.29 is 5.11 Å². The summed E-state index contributed by atoms with van der Waals surface area (Å²) in [5.74, 6) is 2.07. The third kappa shape index (κ3) is 3.93. The number of anilines is 3. The quantitative estimate of drug-likeness (QED) is 0.805. The van der Waals surface area contributed by atoms with E-state index in [9.17, 15) is 0 Å². The molecule has 1 saturated heterocycles. The summed E-state index contributed by atoms with van der Waals surface area (Å²) in [7, 11) is 0. The first kappa shape index (κ1) is 15.8. The van der Waals surface area contributed by atoms with Crippen LogP contribution in [0.4, 0.5) is 17.8 Å². The van der Waals surface area contributed by atoms with Crippen LogP contribution in [0, 0.1) is 5.92 Å². The number of aliphatic hydroxyl groups excluding tert-OH is 1. The van der Waals surface area contributed by atoms with E-state index < -0.39 is 0 Å². The maximum Gasteiger partial charge on any atom is 0.231 e. The van der Waals surface area contributed by atoms with Gasteiger partial charge in [-0.3, -0.25) is 0 Å². The SMILES string of the molecule is CCN(CC)c1nc(N)nc(N2CCCC(CCO)C2)n1. The van der Waals surface area contributed by atoms with Crippen molar-refractivity contribution in [1.82, 2.24) is 15.0 Å². The minimum Gasteiger partial charge on any atom is -0.396 e. The molecule has 1 aliphatic heterocycles. The number of piperidine rings is 1. The Balaban J connectivity index is 2.18. The van der Waals surface area contributed by atoms with E-state index in [-0.39, 0.29) is 12.6 Å². The summed E-state index contributed by atoms with van der Waals surface area (Å²) in [6.45, 7) is 7.87. The molecule has 118 valence electrons. The van der Waals surface area contributed by atoms with Crippen LogP contribution in [-0.2, 0) is 0 Å². The van der Waals surface area contributed by atoms with Crippen LogP contribution in [0.1, 0.15) is 33.1 Å². The summed E-state index contributed by atoms with van der Waals surface area (Å²) in [5.41, 5.74) is 5.85. The van der Waals surface area contributed by atoms with Crippen molar-refractivity contribution >= 4 is 17.8 Å². The zero-order valence-corrected chi connectivity index (χ0v) is 13.0. The topological polar surface area (TPSA) is 91.4 Å². The third-order valence-corrected chi connectivity index (χ3v) is 4.01. The molecular weight excluding hydrogens is 268 g/mol. The van der Waals surface area contributed by atoms with Crippen molar-refractivity contribution in [2.24, 2.45) is 5.92 Å². The van der Waals surface area contributed by atoms with Gasteiger partial charge < -0.3 is 20.6 Å². The highest BCUT2D eigenvalue weighted by Gasteiger charge is 2.22. The van der Waals surface area contributed by atoms with Gasteiger partial charge in [0.15, 0.2) is 0 Å². The van der Waals surface area contributed by atoms with Gasteiger partial charge in [-0.25, -0.2) is 0 Å². The van der Waals surface area contributed by atoms with Gasteiger partial charge in [-0.1, -0.05) is 0 Å². The van der Waals surface area contributed by atoms with Crippen LogP contribution in [0.15, 0.2) is 0 Å². The van der Waals surface area contributed by atoms with Crippen molar-refractivity contribution in [2.45, 2.75) is 33.1 Å². The number of hydrogen-bond acceptors (Lipinski definition) is 7. The molecule has 2 rings (SSSR count). The van der Waals surface area contributed by atoms with Crippen molar-refractivity contribution in [1.29, 1.82) is 0 Å². The van der Waals surface area contributed by atoms with E-state index in [4.69, 9.17) is 10.8 Å². The van der Waals surface area contributed by atoms with Crippen LogP contribution in [-0.4, -0.2) is 52.8 Å². The maximum absolute atomic E-state index is 9.11. The Morgan fingerprint density at radius 3 is 2.71 bits per heavy atom. The largest absolute Gasteiger partial charge is 0.396 e. The van der Waals surface area contributed by atoms with Crippen molar-refractivity contribution in [3.05, 3.63) is 0 Å². The van der Waals surface area contributed by atoms with Gasteiger partial charge >= 0.3 is 0 Å². The molecule has 1 fully saturated rings. The zero-order chi connectivity index (χ0) is 15.2. The molecular formula is C14H26N6O. The van der Waals surface area contributed by atoms with Crippen molar-refractivity contribution in [2.75, 3.05) is 48.3 Å². The summed E-state index contributed by atoms with van der Waals surface area (Å²) in [4.78, 5) is 17.3. The van der Waals surface area contributed by atoms with Crippen LogP contribution >= 0.6 is 0 Å². The second-order valence-corrected chi connectivity index (χ2v) is 5.43. The first-order valence-corrected chi connectivity index (χ1v) is 7.80. The minimum atomic E-state index is 0.239. The molecule has 7 heteroatoms. The fraction of sp³-hybridized carbons (Fsp3) is 0.786. The zero-order valence-electron chi connectivity index (χ0n) is 13.0. The van der Waals surface area contributed by atoms with E-state index in [1.54, 1.807) is 0 Å². The molecule has 1 aromatic rings. The Kier molecular flexibility index (Phi) is 5.55. The number of nitrogens with two attached hydrogens (primary N) is 1. The molecule has 1 atom stereocenters. The number of hydrogen-bond donors (Lipinski definition) is 2. The number of nitrogen functional groups attached to an aromatic ring is 1. The lowest BCUT2D eigenvalue weighted by Gasteiger charge is -2.33. The van der Waals surface area contributed by atoms with Crippen LogP contribution < -0.4 is 15.5 Å². The van der Waals surface area contributed by atoms with E-state index >= 15 is 0 Å². The second kappa shape index (κ2) is 7.40. The lowest BCUT2D eigenvalue weighted by molar-refractivity contribution is 0.244. The highest BCUT2D eigenvalue weighted by Crippen LogP contribution is 2.24. The van der Waals surface area contributed by atoms with Gasteiger partial charge in [0.1, 0.15) is 0 Å². The lowest BCUT2D eigenvalue weighted by Crippen LogP contribution is -2.37. The predicted molar refractivity (Wildman–Crippen MR) is 84.4 cm³/mol. The number of aromatic nitrogens is 3. The lowest BCUT2D eigenvalue weighted by atomic mass is 9.95. The molecule has 7 nitrogen and oxygen atoms in total. The maximum atomic E-state index is 9.11. The molecule has 21 heavy (non-hydrogen) atoms. The first-order chi connectivity index (χ1) is 10.2. The van der Waals surface area contributed by atoms with Crippen LogP contribution in [0.25, 0.3) is 0 Å². The Labute approximate surface area is 126 Å². The van der Waals surface area contributed by atoms with Crippen LogP contribution in [0.5, 0.6) is 0 Å². The van der Waals surface area contributed by atoms with E-state index in [1.807, 2.05) is 0 Å². The van der Waals surface area contributed by atoms with E-state index in [0.717, 1.165) is 45.4 Å².